The smallest absolute Gasteiger partial charge is 0.268 e. The highest BCUT2D eigenvalue weighted by Crippen LogP contribution is 2.20. The predicted molar refractivity (Wildman–Crippen MR) is 92.6 cm³/mol. The summed E-state index contributed by atoms with van der Waals surface area (Å²) in [5, 5.41) is 3.41. The summed E-state index contributed by atoms with van der Waals surface area (Å²) in [5.74, 6) is 1.43. The van der Waals surface area contributed by atoms with E-state index in [2.05, 4.69) is 30.2 Å². The number of anilines is 2. The van der Waals surface area contributed by atoms with E-state index in [1.807, 2.05) is 6.92 Å². The minimum absolute atomic E-state index is 0.183. The van der Waals surface area contributed by atoms with E-state index >= 15 is 0 Å². The van der Waals surface area contributed by atoms with Crippen LogP contribution in [0, 0.1) is 0 Å². The van der Waals surface area contributed by atoms with Crippen LogP contribution < -0.4 is 20.7 Å². The third-order valence-corrected chi connectivity index (χ3v) is 3.98. The van der Waals surface area contributed by atoms with Gasteiger partial charge >= 0.3 is 0 Å². The van der Waals surface area contributed by atoms with Gasteiger partial charge in [-0.25, -0.2) is 15.0 Å². The fourth-order valence-electron chi connectivity index (χ4n) is 2.73. The second-order valence-corrected chi connectivity index (χ2v) is 5.71. The van der Waals surface area contributed by atoms with Crippen LogP contribution in [0.25, 0.3) is 0 Å². The Bertz CT molecular complexity index is 732. The molecule has 0 aromatic carbocycles. The topological polar surface area (TPSA) is 119 Å². The average Bonchev–Trinajstić information content (AvgIpc) is 2.63. The summed E-state index contributed by atoms with van der Waals surface area (Å²) in [6, 6.07) is 2.10. The number of carbonyl (C=O) groups excluding carboxylic acids is 1. The molecule has 9 heteroatoms. The van der Waals surface area contributed by atoms with E-state index in [0.29, 0.717) is 24.3 Å². The molecule has 0 saturated carbocycles. The van der Waals surface area contributed by atoms with Crippen LogP contribution in [0.3, 0.4) is 0 Å². The van der Waals surface area contributed by atoms with Crippen molar-refractivity contribution in [2.24, 2.45) is 5.73 Å². The molecule has 3 heterocycles. The van der Waals surface area contributed by atoms with Crippen LogP contribution in [0.1, 0.15) is 30.3 Å². The average molecular weight is 343 g/mol. The quantitative estimate of drug-likeness (QED) is 0.792. The maximum absolute atomic E-state index is 11.2. The zero-order valence-corrected chi connectivity index (χ0v) is 14.1. The van der Waals surface area contributed by atoms with E-state index in [4.69, 9.17) is 10.5 Å². The van der Waals surface area contributed by atoms with Crippen LogP contribution in [0.2, 0.25) is 0 Å². The Hall–Kier alpha value is -2.97. The van der Waals surface area contributed by atoms with E-state index in [1.165, 1.54) is 12.5 Å². The first kappa shape index (κ1) is 16.9. The number of piperidine rings is 1. The van der Waals surface area contributed by atoms with Gasteiger partial charge in [-0.3, -0.25) is 9.78 Å². The van der Waals surface area contributed by atoms with Gasteiger partial charge in [-0.05, 0) is 19.8 Å². The molecule has 1 saturated heterocycles. The number of nitrogens with two attached hydrogens (primary N) is 1. The summed E-state index contributed by atoms with van der Waals surface area (Å²) in [4.78, 5) is 29.9. The predicted octanol–water partition coefficient (Wildman–Crippen LogP) is 0.845. The zero-order chi connectivity index (χ0) is 17.6. The third kappa shape index (κ3) is 4.31. The Morgan fingerprint density at radius 1 is 1.36 bits per heavy atom. The van der Waals surface area contributed by atoms with Crippen LogP contribution in [0.4, 0.5) is 11.6 Å². The normalized spacial score (nSPS) is 15.0. The van der Waals surface area contributed by atoms with E-state index in [0.717, 1.165) is 31.7 Å². The molecule has 3 N–H and O–H groups in total. The molecule has 1 fully saturated rings. The number of aromatic nitrogens is 4. The Kier molecular flexibility index (Phi) is 5.22. The molecule has 1 amide bonds. The van der Waals surface area contributed by atoms with E-state index in [1.54, 1.807) is 12.3 Å². The number of ether oxygens (including phenoxy) is 1. The Morgan fingerprint density at radius 3 is 2.88 bits per heavy atom. The molecule has 0 bridgehead atoms. The van der Waals surface area contributed by atoms with Gasteiger partial charge in [0.1, 0.15) is 23.7 Å². The number of hydrogen-bond acceptors (Lipinski definition) is 8. The first-order chi connectivity index (χ1) is 12.2. The maximum atomic E-state index is 11.2. The van der Waals surface area contributed by atoms with Gasteiger partial charge in [0.2, 0.25) is 5.88 Å². The second kappa shape index (κ2) is 7.73. The first-order valence-electron chi connectivity index (χ1n) is 8.24. The summed E-state index contributed by atoms with van der Waals surface area (Å²) in [6.45, 7) is 4.09. The van der Waals surface area contributed by atoms with Crippen molar-refractivity contribution in [3.8, 4) is 5.88 Å². The van der Waals surface area contributed by atoms with Gasteiger partial charge in [-0.1, -0.05) is 0 Å². The molecule has 0 aliphatic carbocycles. The standard InChI is InChI=1S/C16H21N7O2/c1-2-25-15-7-13(19-10-20-15)21-11-3-5-23(6-4-11)14-9-18-8-12(22-14)16(17)24/h7-11H,2-6H2,1H3,(H2,17,24)(H,19,20,21). The highest BCUT2D eigenvalue weighted by Gasteiger charge is 2.21. The molecule has 2 aromatic heterocycles. The van der Waals surface area contributed by atoms with Crippen LogP contribution in [-0.2, 0) is 0 Å². The SMILES string of the molecule is CCOc1cc(NC2CCN(c3cncc(C(N)=O)n3)CC2)ncn1. The monoisotopic (exact) mass is 343 g/mol. The van der Waals surface area contributed by atoms with Gasteiger partial charge in [-0.15, -0.1) is 0 Å². The van der Waals surface area contributed by atoms with E-state index in [9.17, 15) is 4.79 Å². The van der Waals surface area contributed by atoms with Crippen LogP contribution in [-0.4, -0.2) is 51.6 Å². The molecule has 1 aliphatic heterocycles. The maximum Gasteiger partial charge on any atom is 0.268 e. The summed E-state index contributed by atoms with van der Waals surface area (Å²) in [7, 11) is 0. The minimum Gasteiger partial charge on any atom is -0.478 e. The van der Waals surface area contributed by atoms with Crippen LogP contribution in [0.5, 0.6) is 5.88 Å². The minimum atomic E-state index is -0.570. The fraction of sp³-hybridized carbons (Fsp3) is 0.438. The van der Waals surface area contributed by atoms with Gasteiger partial charge in [0.05, 0.1) is 19.0 Å². The molecule has 1 aliphatic rings. The number of hydrogen-bond donors (Lipinski definition) is 2. The molecule has 132 valence electrons. The van der Waals surface area contributed by atoms with Gasteiger partial charge < -0.3 is 20.7 Å². The Balaban J connectivity index is 1.58. The van der Waals surface area contributed by atoms with Crippen LogP contribution in [0.15, 0.2) is 24.8 Å². The van der Waals surface area contributed by atoms with Gasteiger partial charge in [0, 0.05) is 25.2 Å². The molecular weight excluding hydrogens is 322 g/mol. The van der Waals surface area contributed by atoms with Gasteiger partial charge in [0.25, 0.3) is 5.91 Å². The van der Waals surface area contributed by atoms with Crippen molar-refractivity contribution in [3.63, 3.8) is 0 Å². The second-order valence-electron chi connectivity index (χ2n) is 5.71. The Labute approximate surface area is 145 Å². The number of amides is 1. The van der Waals surface area contributed by atoms with Crippen LogP contribution >= 0.6 is 0 Å². The van der Waals surface area contributed by atoms with Crippen molar-refractivity contribution in [3.05, 3.63) is 30.5 Å². The van der Waals surface area contributed by atoms with Crippen molar-refractivity contribution < 1.29 is 9.53 Å². The number of nitrogens with one attached hydrogen (secondary N) is 1. The number of primary amides is 1. The molecule has 0 unspecified atom stereocenters. The molecule has 9 nitrogen and oxygen atoms in total. The first-order valence-corrected chi connectivity index (χ1v) is 8.24. The van der Waals surface area contributed by atoms with E-state index < -0.39 is 5.91 Å². The lowest BCUT2D eigenvalue weighted by Crippen LogP contribution is -2.40. The molecule has 2 aromatic rings. The number of rotatable bonds is 6. The van der Waals surface area contributed by atoms with Gasteiger partial charge in [0.15, 0.2) is 0 Å². The summed E-state index contributed by atoms with van der Waals surface area (Å²) < 4.78 is 5.39. The largest absolute Gasteiger partial charge is 0.478 e. The number of nitrogens with zero attached hydrogens (tertiary/aromatic N) is 5. The third-order valence-electron chi connectivity index (χ3n) is 3.98. The molecule has 0 radical (unpaired) electrons. The zero-order valence-electron chi connectivity index (χ0n) is 14.1. The van der Waals surface area contributed by atoms with Crippen molar-refractivity contribution in [2.75, 3.05) is 29.9 Å². The summed E-state index contributed by atoms with van der Waals surface area (Å²) in [5.41, 5.74) is 5.44. The van der Waals surface area contributed by atoms with Gasteiger partial charge in [-0.2, -0.15) is 0 Å². The molecule has 25 heavy (non-hydrogen) atoms. The lowest BCUT2D eigenvalue weighted by molar-refractivity contribution is 0.0995. The van der Waals surface area contributed by atoms with Crippen molar-refractivity contribution in [1.29, 1.82) is 0 Å². The van der Waals surface area contributed by atoms with Crippen molar-refractivity contribution in [1.82, 2.24) is 19.9 Å². The highest BCUT2D eigenvalue weighted by atomic mass is 16.5. The molecule has 3 rings (SSSR count). The molecule has 0 spiro atoms. The molecule has 0 atom stereocenters. The Morgan fingerprint density at radius 2 is 2.16 bits per heavy atom. The molecular formula is C16H21N7O2. The van der Waals surface area contributed by atoms with E-state index in [-0.39, 0.29) is 5.69 Å². The summed E-state index contributed by atoms with van der Waals surface area (Å²) in [6.07, 6.45) is 6.35. The lowest BCUT2D eigenvalue weighted by atomic mass is 10.1. The van der Waals surface area contributed by atoms with Crippen molar-refractivity contribution in [2.45, 2.75) is 25.8 Å². The highest BCUT2D eigenvalue weighted by molar-refractivity contribution is 5.90. The fourth-order valence-corrected chi connectivity index (χ4v) is 2.73. The lowest BCUT2D eigenvalue weighted by Gasteiger charge is -2.33. The van der Waals surface area contributed by atoms with Crippen molar-refractivity contribution >= 4 is 17.5 Å². The number of carbonyl (C=O) groups is 1. The summed E-state index contributed by atoms with van der Waals surface area (Å²) >= 11 is 0.